The molecule has 0 rings (SSSR count). The summed E-state index contributed by atoms with van der Waals surface area (Å²) in [6, 6.07) is 0. The molecule has 0 aromatic carbocycles. The van der Waals surface area contributed by atoms with Crippen molar-refractivity contribution >= 4 is 43.7 Å². The van der Waals surface area contributed by atoms with Gasteiger partial charge in [-0.25, -0.2) is 0 Å². The molecule has 0 nitrogen and oxygen atoms in total. The van der Waals surface area contributed by atoms with Gasteiger partial charge in [-0.15, -0.1) is 0 Å². The fraction of sp³-hybridized carbons (Fsp3) is 0.600. The van der Waals surface area contributed by atoms with Gasteiger partial charge in [-0.2, -0.15) is 0 Å². The molecule has 0 saturated carbocycles. The summed E-state index contributed by atoms with van der Waals surface area (Å²) in [5.74, 6) is 0.829. The van der Waals surface area contributed by atoms with E-state index in [-0.39, 0.29) is 0 Å². The summed E-state index contributed by atoms with van der Waals surface area (Å²) in [6.45, 7) is 6.54. The maximum Gasteiger partial charge on any atom is 0 e. The fourth-order valence-corrected chi connectivity index (χ4v) is 0.715. The molecule has 0 amide bonds. The molecule has 0 N–H and O–H groups in total. The highest BCUT2D eigenvalue weighted by Gasteiger charge is 2.00. The van der Waals surface area contributed by atoms with Gasteiger partial charge in [-0.3, -0.25) is 0 Å². The molecule has 76 valence electrons. The van der Waals surface area contributed by atoms with Gasteiger partial charge in [0.2, 0.25) is 0 Å². The average Bonchev–Trinajstić information content (AvgIpc) is 2.18. The highest BCUT2D eigenvalue weighted by Crippen LogP contribution is 2.03. The number of hydrogen-bond donors (Lipinski definition) is 0. The zero-order valence-electron chi connectivity index (χ0n) is 10.8. The molecule has 0 spiro atoms. The molecule has 0 saturated heterocycles. The lowest BCUT2D eigenvalue weighted by Gasteiger charge is -2.00. The lowest BCUT2D eigenvalue weighted by Crippen LogP contribution is -2.38. The van der Waals surface area contributed by atoms with Crippen molar-refractivity contribution in [3.8, 4) is 0 Å². The van der Waals surface area contributed by atoms with Crippen LogP contribution >= 0.6 is 0 Å². The van der Waals surface area contributed by atoms with Crippen molar-refractivity contribution in [3.05, 3.63) is 24.3 Å². The van der Waals surface area contributed by atoms with E-state index in [9.17, 15) is 0 Å². The Kier molecular flexibility index (Phi) is 14.7. The normalized spacial score (nSPS) is 10.5. The minimum Gasteiger partial charge on any atom is -0.0877 e. The summed E-state index contributed by atoms with van der Waals surface area (Å²) < 4.78 is 0. The van der Waals surface area contributed by atoms with Crippen LogP contribution in [0.3, 0.4) is 0 Å². The van der Waals surface area contributed by atoms with Gasteiger partial charge in [-0.05, 0) is 25.7 Å². The predicted molar refractivity (Wildman–Crippen MR) is 82.6 cm³/mol. The van der Waals surface area contributed by atoms with E-state index in [1.807, 2.05) is 13.0 Å². The smallest absolute Gasteiger partial charge is 0 e. The second-order valence-corrected chi connectivity index (χ2v) is 4.08. The first-order chi connectivity index (χ1) is 7.41. The van der Waals surface area contributed by atoms with Gasteiger partial charge in [-0.1, -0.05) is 38.2 Å². The second-order valence-electron chi connectivity index (χ2n) is 4.08. The van der Waals surface area contributed by atoms with Crippen LogP contribution in [0.1, 0.15) is 33.6 Å². The Morgan fingerprint density at radius 3 is 1.81 bits per heavy atom. The molecule has 0 fully saturated rings. The Hall–Kier alpha value is -0.130. The van der Waals surface area contributed by atoms with Crippen LogP contribution in [0.15, 0.2) is 24.3 Å². The molecule has 0 heterocycles. The molecular weight excluding hydrogens is 185 g/mol. The van der Waals surface area contributed by atoms with Crippen molar-refractivity contribution < 1.29 is 0 Å². The van der Waals surface area contributed by atoms with Gasteiger partial charge in [0.05, 0.1) is 0 Å². The molecule has 0 bridgehead atoms. The number of allylic oxidation sites excluding steroid dienone is 4. The predicted octanol–water partition coefficient (Wildman–Crippen LogP) is 1.27. The summed E-state index contributed by atoms with van der Waals surface area (Å²) in [5.41, 5.74) is 0. The molecule has 0 aliphatic heterocycles. The van der Waals surface area contributed by atoms with Crippen molar-refractivity contribution in [3.63, 3.8) is 0 Å². The Morgan fingerprint density at radius 2 is 1.50 bits per heavy atom. The van der Waals surface area contributed by atoms with Gasteiger partial charge in [0.15, 0.2) is 0 Å². The van der Waals surface area contributed by atoms with E-state index in [1.165, 1.54) is 12.8 Å². The molecule has 0 aliphatic rings. The maximum atomic E-state index is 4.96. The first-order valence-electron chi connectivity index (χ1n) is 5.72. The zero-order valence-corrected chi connectivity index (χ0v) is 10.8. The largest absolute Gasteiger partial charge is 0.0877 e. The zero-order chi connectivity index (χ0) is 13.0. The molecule has 16 heavy (non-hydrogen) atoms. The summed E-state index contributed by atoms with van der Waals surface area (Å²) in [4.78, 5) is 0. The summed E-state index contributed by atoms with van der Waals surface area (Å²) in [6.07, 6.45) is 9.78. The third-order valence-corrected chi connectivity index (χ3v) is 1.79. The molecule has 6 heteroatoms. The van der Waals surface area contributed by atoms with E-state index in [1.54, 1.807) is 0 Å². The highest BCUT2D eigenvalue weighted by molar-refractivity contribution is 7.76. The molecule has 0 unspecified atom stereocenters. The SMILES string of the molecule is C/C=C/C=C\CCC(C)C.[B]B([B])B([B])[B]. The van der Waals surface area contributed by atoms with Crippen LogP contribution in [0.5, 0.6) is 0 Å². The van der Waals surface area contributed by atoms with Crippen LogP contribution in [-0.2, 0) is 0 Å². The molecule has 0 aliphatic carbocycles. The van der Waals surface area contributed by atoms with Crippen LogP contribution in [0.25, 0.3) is 0 Å². The number of rotatable bonds is 5. The van der Waals surface area contributed by atoms with Crippen molar-refractivity contribution in [2.75, 3.05) is 0 Å². The van der Waals surface area contributed by atoms with Gasteiger partial charge in [0, 0.05) is 43.7 Å². The first-order valence-corrected chi connectivity index (χ1v) is 5.72. The van der Waals surface area contributed by atoms with Gasteiger partial charge < -0.3 is 0 Å². The van der Waals surface area contributed by atoms with E-state index in [2.05, 4.69) is 32.1 Å². The standard InChI is InChI=1S/C10H18.B6/c1-4-5-6-7-8-9-10(2)3;1-5(2)6(3)4/h4-7,10H,8-9H2,1-3H3;/b5-4+,7-6-;. The molecule has 0 aromatic heterocycles. The van der Waals surface area contributed by atoms with Crippen molar-refractivity contribution in [1.82, 2.24) is 0 Å². The van der Waals surface area contributed by atoms with Crippen LogP contribution in [0.2, 0.25) is 0 Å². The van der Waals surface area contributed by atoms with E-state index < -0.39 is 12.8 Å². The quantitative estimate of drug-likeness (QED) is 0.466. The van der Waals surface area contributed by atoms with Gasteiger partial charge in [0.1, 0.15) is 0 Å². The Balaban J connectivity index is 0. The van der Waals surface area contributed by atoms with Crippen LogP contribution in [-0.4, -0.2) is 43.7 Å². The summed E-state index contributed by atoms with van der Waals surface area (Å²) >= 11 is 0. The molecule has 0 aromatic rings. The first kappa shape index (κ1) is 18.2. The van der Waals surface area contributed by atoms with Crippen LogP contribution < -0.4 is 0 Å². The third-order valence-electron chi connectivity index (χ3n) is 1.79. The lowest BCUT2D eigenvalue weighted by atomic mass is 8.81. The lowest BCUT2D eigenvalue weighted by molar-refractivity contribution is 0.594. The third kappa shape index (κ3) is 19.4. The van der Waals surface area contributed by atoms with E-state index in [0.29, 0.717) is 0 Å². The Labute approximate surface area is 108 Å². The van der Waals surface area contributed by atoms with E-state index >= 15 is 0 Å². The average molecular weight is 203 g/mol. The molecular formula is C10H18B6. The van der Waals surface area contributed by atoms with Crippen molar-refractivity contribution in [2.24, 2.45) is 5.92 Å². The minimum absolute atomic E-state index is 0.593. The van der Waals surface area contributed by atoms with E-state index in [4.69, 9.17) is 30.9 Å². The number of hydrogen-bond acceptors (Lipinski definition) is 0. The summed E-state index contributed by atoms with van der Waals surface area (Å²) in [7, 11) is 19.9. The summed E-state index contributed by atoms with van der Waals surface area (Å²) in [5, 5.41) is 0. The Bertz CT molecular complexity index is 180. The Morgan fingerprint density at radius 1 is 1.00 bits per heavy atom. The van der Waals surface area contributed by atoms with Crippen molar-refractivity contribution in [1.29, 1.82) is 0 Å². The van der Waals surface area contributed by atoms with Crippen LogP contribution in [0.4, 0.5) is 0 Å². The van der Waals surface area contributed by atoms with Crippen LogP contribution in [0, 0.1) is 5.92 Å². The van der Waals surface area contributed by atoms with E-state index in [0.717, 1.165) is 5.92 Å². The molecule has 8 radical (unpaired) electrons. The molecule has 0 atom stereocenters. The van der Waals surface area contributed by atoms with Crippen molar-refractivity contribution in [2.45, 2.75) is 33.6 Å². The maximum absolute atomic E-state index is 4.96. The topological polar surface area (TPSA) is 0 Å². The fourth-order valence-electron chi connectivity index (χ4n) is 0.715. The minimum atomic E-state index is -0.593. The second kappa shape index (κ2) is 12.9. The highest BCUT2D eigenvalue weighted by atomic mass is 13.9. The monoisotopic (exact) mass is 204 g/mol. The van der Waals surface area contributed by atoms with Gasteiger partial charge >= 0.3 is 0 Å². The van der Waals surface area contributed by atoms with Gasteiger partial charge in [0.25, 0.3) is 0 Å².